The second kappa shape index (κ2) is 11.9. The lowest BCUT2D eigenvalue weighted by atomic mass is 10.0. The Morgan fingerprint density at radius 3 is 2.08 bits per heavy atom. The van der Waals surface area contributed by atoms with E-state index in [0.717, 1.165) is 28.5 Å². The van der Waals surface area contributed by atoms with Crippen LogP contribution in [0.2, 0.25) is 0 Å². The van der Waals surface area contributed by atoms with E-state index in [1.165, 1.54) is 23.6 Å². The largest absolute Gasteiger partial charge is 0.448 e. The molecule has 1 saturated heterocycles. The highest BCUT2D eigenvalue weighted by Gasteiger charge is 2.54. The van der Waals surface area contributed by atoms with Gasteiger partial charge in [0, 0.05) is 17.6 Å². The number of rotatable bonds is 8. The topological polar surface area (TPSA) is 92.8 Å². The highest BCUT2D eigenvalue weighted by atomic mass is 32.2. The number of carbonyl (C=O) groups excluding carboxylic acids is 4. The van der Waals surface area contributed by atoms with Crippen LogP contribution in [-0.4, -0.2) is 45.0 Å². The molecule has 7 nitrogen and oxygen atoms in total. The van der Waals surface area contributed by atoms with Crippen LogP contribution in [0.3, 0.4) is 0 Å². The molecule has 2 heterocycles. The summed E-state index contributed by atoms with van der Waals surface area (Å²) in [5.74, 6) is -1.03. The Labute approximate surface area is 235 Å². The van der Waals surface area contributed by atoms with Gasteiger partial charge in [-0.25, -0.2) is 4.79 Å². The molecule has 0 radical (unpaired) electrons. The van der Waals surface area contributed by atoms with E-state index in [2.05, 4.69) is 5.32 Å². The summed E-state index contributed by atoms with van der Waals surface area (Å²) in [6.07, 6.45) is -0.560. The van der Waals surface area contributed by atoms with Crippen molar-refractivity contribution in [1.29, 1.82) is 0 Å². The second-order valence-corrected chi connectivity index (χ2v) is 11.5. The molecule has 0 aromatic heterocycles. The van der Waals surface area contributed by atoms with E-state index in [1.54, 1.807) is 0 Å². The van der Waals surface area contributed by atoms with E-state index < -0.39 is 29.4 Å². The lowest BCUT2D eigenvalue weighted by molar-refractivity contribution is -0.154. The highest BCUT2D eigenvalue weighted by molar-refractivity contribution is 8.17. The summed E-state index contributed by atoms with van der Waals surface area (Å²) in [5.41, 5.74) is 2.46. The minimum absolute atomic E-state index is 0.0642. The molecular formula is C30H26N2O5S2. The van der Waals surface area contributed by atoms with E-state index >= 15 is 0 Å². The number of hydrogen-bond donors (Lipinski definition) is 1. The van der Waals surface area contributed by atoms with Gasteiger partial charge in [-0.3, -0.25) is 19.3 Å². The Balaban J connectivity index is 1.39. The van der Waals surface area contributed by atoms with Crippen molar-refractivity contribution < 1.29 is 23.9 Å². The lowest BCUT2D eigenvalue weighted by Crippen LogP contribution is -2.70. The molecule has 0 bridgehead atoms. The Bertz CT molecular complexity index is 1370. The zero-order chi connectivity index (χ0) is 27.4. The predicted molar refractivity (Wildman–Crippen MR) is 151 cm³/mol. The number of thioether (sulfide) groups is 2. The molecule has 0 saturated carbocycles. The van der Waals surface area contributed by atoms with E-state index in [9.17, 15) is 19.2 Å². The average molecular weight is 559 g/mol. The summed E-state index contributed by atoms with van der Waals surface area (Å²) in [6, 6.07) is 27.2. The first-order valence-electron chi connectivity index (χ1n) is 12.4. The molecule has 0 aliphatic carbocycles. The quantitative estimate of drug-likeness (QED) is 0.323. The van der Waals surface area contributed by atoms with Crippen LogP contribution in [0.25, 0.3) is 0 Å². The predicted octanol–water partition coefficient (Wildman–Crippen LogP) is 4.45. The van der Waals surface area contributed by atoms with Crippen molar-refractivity contribution in [2.75, 3.05) is 5.75 Å². The minimum Gasteiger partial charge on any atom is -0.448 e. The molecule has 0 spiro atoms. The molecule has 2 aliphatic rings. The normalized spacial score (nSPS) is 18.3. The van der Waals surface area contributed by atoms with Gasteiger partial charge in [0.2, 0.25) is 5.91 Å². The standard InChI is InChI=1S/C30H26N2O5S2/c1-19(33)39-23-18-38-29-25(31-24(34)17-20-11-5-2-6-12-20)28(35)32(29)26(23)30(36)37-27(21-13-7-3-8-14-21)22-15-9-4-10-16-22/h2-16,25,27,29H,17-18H2,1H3,(H,31,34)/t25?,29-/m0/s1. The van der Waals surface area contributed by atoms with Gasteiger partial charge in [-0.1, -0.05) is 103 Å². The van der Waals surface area contributed by atoms with Gasteiger partial charge in [0.15, 0.2) is 11.2 Å². The first kappa shape index (κ1) is 26.8. The molecule has 3 aromatic rings. The number of esters is 1. The maximum Gasteiger partial charge on any atom is 0.356 e. The molecule has 3 aromatic carbocycles. The third-order valence-electron chi connectivity index (χ3n) is 6.35. The van der Waals surface area contributed by atoms with E-state index in [4.69, 9.17) is 4.74 Å². The Kier molecular flexibility index (Phi) is 8.18. The van der Waals surface area contributed by atoms with Gasteiger partial charge >= 0.3 is 5.97 Å². The van der Waals surface area contributed by atoms with Crippen LogP contribution in [0.1, 0.15) is 29.7 Å². The number of carbonyl (C=O) groups is 4. The number of hydrogen-bond acceptors (Lipinski definition) is 7. The van der Waals surface area contributed by atoms with Gasteiger partial charge in [0.25, 0.3) is 5.91 Å². The number of β-lactam (4-membered cyclic amide) rings is 1. The summed E-state index contributed by atoms with van der Waals surface area (Å²) in [4.78, 5) is 53.6. The highest BCUT2D eigenvalue weighted by Crippen LogP contribution is 2.44. The SMILES string of the molecule is CC(=O)SC1=C(C(=O)OC(c2ccccc2)c2ccccc2)N2C(=O)C(NC(=O)Cc3ccccc3)[C@@H]2SC1. The van der Waals surface area contributed by atoms with Gasteiger partial charge in [0.1, 0.15) is 17.1 Å². The number of nitrogens with zero attached hydrogens (tertiary/aromatic N) is 1. The van der Waals surface area contributed by atoms with Crippen LogP contribution >= 0.6 is 23.5 Å². The molecule has 198 valence electrons. The summed E-state index contributed by atoms with van der Waals surface area (Å²) >= 11 is 2.33. The van der Waals surface area contributed by atoms with Gasteiger partial charge < -0.3 is 10.1 Å². The summed E-state index contributed by atoms with van der Waals surface area (Å²) in [5, 5.41) is 2.16. The number of benzene rings is 3. The van der Waals surface area contributed by atoms with Crippen molar-refractivity contribution in [1.82, 2.24) is 10.2 Å². The molecule has 39 heavy (non-hydrogen) atoms. The second-order valence-electron chi connectivity index (χ2n) is 9.09. The molecule has 2 amide bonds. The van der Waals surface area contributed by atoms with Crippen LogP contribution in [0.15, 0.2) is 102 Å². The van der Waals surface area contributed by atoms with Crippen molar-refractivity contribution >= 4 is 46.4 Å². The molecule has 5 rings (SSSR count). The van der Waals surface area contributed by atoms with E-state index in [1.807, 2.05) is 91.0 Å². The van der Waals surface area contributed by atoms with Gasteiger partial charge in [-0.15, -0.1) is 11.8 Å². The Hall–Kier alpha value is -3.82. The molecule has 9 heteroatoms. The van der Waals surface area contributed by atoms with Crippen molar-refractivity contribution in [3.63, 3.8) is 0 Å². The van der Waals surface area contributed by atoms with E-state index in [-0.39, 0.29) is 23.1 Å². The number of nitrogens with one attached hydrogen (secondary N) is 1. The number of fused-ring (bicyclic) bond motifs is 1. The Morgan fingerprint density at radius 1 is 0.949 bits per heavy atom. The fourth-order valence-electron chi connectivity index (χ4n) is 4.59. The smallest absolute Gasteiger partial charge is 0.356 e. The van der Waals surface area contributed by atoms with Crippen LogP contribution in [0.4, 0.5) is 0 Å². The maximum atomic E-state index is 13.8. The third kappa shape index (κ3) is 5.94. The molecule has 1 unspecified atom stereocenters. The first-order valence-corrected chi connectivity index (χ1v) is 14.3. The zero-order valence-corrected chi connectivity index (χ0v) is 22.7. The van der Waals surface area contributed by atoms with Crippen molar-refractivity contribution in [3.8, 4) is 0 Å². The zero-order valence-electron chi connectivity index (χ0n) is 21.1. The lowest BCUT2D eigenvalue weighted by Gasteiger charge is -2.49. The fraction of sp³-hybridized carbons (Fsp3) is 0.200. The summed E-state index contributed by atoms with van der Waals surface area (Å²) < 4.78 is 6.06. The van der Waals surface area contributed by atoms with E-state index in [0.29, 0.717) is 10.7 Å². The summed E-state index contributed by atoms with van der Waals surface area (Å²) in [6.45, 7) is 1.42. The third-order valence-corrected chi connectivity index (χ3v) is 8.68. The van der Waals surface area contributed by atoms with Crippen molar-refractivity contribution in [2.45, 2.75) is 30.9 Å². The fourth-order valence-corrected chi connectivity index (χ4v) is 6.84. The minimum atomic E-state index is -0.767. The first-order chi connectivity index (χ1) is 18.9. The van der Waals surface area contributed by atoms with Gasteiger partial charge in [-0.05, 0) is 16.7 Å². The maximum absolute atomic E-state index is 13.8. The van der Waals surface area contributed by atoms with Crippen LogP contribution in [-0.2, 0) is 30.3 Å². The number of amides is 2. The molecule has 1 N–H and O–H groups in total. The monoisotopic (exact) mass is 558 g/mol. The summed E-state index contributed by atoms with van der Waals surface area (Å²) in [7, 11) is 0. The van der Waals surface area contributed by atoms with Gasteiger partial charge in [0.05, 0.1) is 6.42 Å². The molecular weight excluding hydrogens is 532 g/mol. The van der Waals surface area contributed by atoms with Crippen LogP contribution in [0, 0.1) is 0 Å². The van der Waals surface area contributed by atoms with Gasteiger partial charge in [-0.2, -0.15) is 0 Å². The number of ether oxygens (including phenoxy) is 1. The molecule has 2 atom stereocenters. The van der Waals surface area contributed by atoms with Crippen LogP contribution in [0.5, 0.6) is 0 Å². The molecule has 2 aliphatic heterocycles. The molecule has 1 fully saturated rings. The van der Waals surface area contributed by atoms with Crippen LogP contribution < -0.4 is 5.32 Å². The average Bonchev–Trinajstić information content (AvgIpc) is 2.95. The van der Waals surface area contributed by atoms with Crippen molar-refractivity contribution in [3.05, 3.63) is 118 Å². The Morgan fingerprint density at radius 2 is 1.51 bits per heavy atom. The van der Waals surface area contributed by atoms with Crippen molar-refractivity contribution in [2.24, 2.45) is 0 Å².